The summed E-state index contributed by atoms with van der Waals surface area (Å²) in [7, 11) is 0. The first-order valence-electron chi connectivity index (χ1n) is 6.79. The molecule has 0 aliphatic heterocycles. The molecule has 0 spiro atoms. The normalized spacial score (nSPS) is 24.1. The van der Waals surface area contributed by atoms with Gasteiger partial charge in [-0.1, -0.05) is 69.9 Å². The van der Waals surface area contributed by atoms with Crippen LogP contribution in [0.15, 0.2) is 24.3 Å². The van der Waals surface area contributed by atoms with Gasteiger partial charge in [-0.15, -0.1) is 0 Å². The van der Waals surface area contributed by atoms with Crippen molar-refractivity contribution in [1.29, 1.82) is 0 Å². The summed E-state index contributed by atoms with van der Waals surface area (Å²) < 4.78 is 0. The Bertz CT molecular complexity index is 307. The van der Waals surface area contributed by atoms with E-state index in [-0.39, 0.29) is 8.85 Å². The molecule has 1 aromatic rings. The molecule has 98 valence electrons. The SMILES string of the molecule is C.Cc1ccc(CCC2CCC(C)CC2)cc1.[HH]. The van der Waals surface area contributed by atoms with Gasteiger partial charge in [0.25, 0.3) is 0 Å². The van der Waals surface area contributed by atoms with Crippen LogP contribution in [0.4, 0.5) is 0 Å². The molecule has 1 aliphatic rings. The molecule has 0 heterocycles. The van der Waals surface area contributed by atoms with E-state index in [1.165, 1.54) is 49.7 Å². The topological polar surface area (TPSA) is 0 Å². The molecule has 0 radical (unpaired) electrons. The zero-order chi connectivity index (χ0) is 11.4. The second-order valence-electron chi connectivity index (χ2n) is 5.65. The molecule has 0 bridgehead atoms. The lowest BCUT2D eigenvalue weighted by Crippen LogP contribution is -2.12. The summed E-state index contributed by atoms with van der Waals surface area (Å²) in [6.07, 6.45) is 8.52. The van der Waals surface area contributed by atoms with Crippen molar-refractivity contribution in [2.24, 2.45) is 11.8 Å². The van der Waals surface area contributed by atoms with E-state index in [4.69, 9.17) is 0 Å². The van der Waals surface area contributed by atoms with Crippen LogP contribution in [0.5, 0.6) is 0 Å². The van der Waals surface area contributed by atoms with Crippen molar-refractivity contribution in [1.82, 2.24) is 0 Å². The molecule has 0 aromatic heterocycles. The van der Waals surface area contributed by atoms with Gasteiger partial charge in [-0.05, 0) is 37.2 Å². The third kappa shape index (κ3) is 4.53. The standard InChI is InChI=1S/C16H24.CH4.H2/c1-13-3-7-15(8-4-13)11-12-16-9-5-14(2)6-10-16;;/h3-4,7-8,14,16H,5-6,9-12H2,1-2H3;1H4;1H. The fourth-order valence-electron chi connectivity index (χ4n) is 2.74. The lowest BCUT2D eigenvalue weighted by atomic mass is 9.80. The van der Waals surface area contributed by atoms with E-state index >= 15 is 0 Å². The van der Waals surface area contributed by atoms with Crippen molar-refractivity contribution in [3.8, 4) is 0 Å². The van der Waals surface area contributed by atoms with Gasteiger partial charge >= 0.3 is 0 Å². The van der Waals surface area contributed by atoms with E-state index in [0.717, 1.165) is 11.8 Å². The first-order chi connectivity index (χ1) is 7.74. The second-order valence-corrected chi connectivity index (χ2v) is 5.65. The van der Waals surface area contributed by atoms with Crippen LogP contribution in [0.25, 0.3) is 0 Å². The van der Waals surface area contributed by atoms with Crippen LogP contribution in [0, 0.1) is 18.8 Å². The molecule has 0 saturated heterocycles. The number of aryl methyl sites for hydroxylation is 2. The van der Waals surface area contributed by atoms with Crippen LogP contribution in [0.3, 0.4) is 0 Å². The smallest absolute Gasteiger partial charge is 0 e. The molecule has 17 heavy (non-hydrogen) atoms. The van der Waals surface area contributed by atoms with Crippen molar-refractivity contribution in [2.45, 2.75) is 59.8 Å². The highest BCUT2D eigenvalue weighted by atomic mass is 14.2. The fourth-order valence-corrected chi connectivity index (χ4v) is 2.74. The third-order valence-corrected chi connectivity index (χ3v) is 4.10. The van der Waals surface area contributed by atoms with E-state index in [1.807, 2.05) is 0 Å². The van der Waals surface area contributed by atoms with Crippen LogP contribution >= 0.6 is 0 Å². The summed E-state index contributed by atoms with van der Waals surface area (Å²) in [5, 5.41) is 0. The molecule has 0 amide bonds. The van der Waals surface area contributed by atoms with Gasteiger partial charge in [-0.25, -0.2) is 0 Å². The Hall–Kier alpha value is -0.780. The molecule has 0 N–H and O–H groups in total. The average molecular weight is 234 g/mol. The van der Waals surface area contributed by atoms with E-state index in [1.54, 1.807) is 0 Å². The summed E-state index contributed by atoms with van der Waals surface area (Å²) in [6, 6.07) is 9.05. The number of benzene rings is 1. The minimum Gasteiger partial charge on any atom is -0.0776 e. The first kappa shape index (κ1) is 14.3. The van der Waals surface area contributed by atoms with Crippen molar-refractivity contribution in [2.75, 3.05) is 0 Å². The first-order valence-corrected chi connectivity index (χ1v) is 6.79. The molecule has 0 atom stereocenters. The fraction of sp³-hybridized carbons (Fsp3) is 0.647. The molecule has 2 rings (SSSR count). The summed E-state index contributed by atoms with van der Waals surface area (Å²) in [6.45, 7) is 4.56. The van der Waals surface area contributed by atoms with Crippen LogP contribution in [-0.2, 0) is 6.42 Å². The van der Waals surface area contributed by atoms with Gasteiger partial charge in [0.1, 0.15) is 0 Å². The zero-order valence-corrected chi connectivity index (χ0v) is 10.7. The Labute approximate surface area is 109 Å². The summed E-state index contributed by atoms with van der Waals surface area (Å²) in [4.78, 5) is 0. The van der Waals surface area contributed by atoms with Gasteiger partial charge in [0, 0.05) is 1.43 Å². The number of hydrogen-bond donors (Lipinski definition) is 0. The Kier molecular flexibility index (Phi) is 5.74. The highest BCUT2D eigenvalue weighted by Gasteiger charge is 2.17. The summed E-state index contributed by atoms with van der Waals surface area (Å²) in [5.74, 6) is 1.98. The molecule has 0 unspecified atom stereocenters. The van der Waals surface area contributed by atoms with E-state index in [0.29, 0.717) is 0 Å². The lowest BCUT2D eigenvalue weighted by Gasteiger charge is -2.26. The Balaban J connectivity index is 0.00000144. The lowest BCUT2D eigenvalue weighted by molar-refractivity contribution is 0.278. The monoisotopic (exact) mass is 234 g/mol. The highest BCUT2D eigenvalue weighted by Crippen LogP contribution is 2.31. The molecule has 0 nitrogen and oxygen atoms in total. The molecule has 1 fully saturated rings. The van der Waals surface area contributed by atoms with Gasteiger partial charge in [0.05, 0.1) is 0 Å². The summed E-state index contributed by atoms with van der Waals surface area (Å²) >= 11 is 0. The van der Waals surface area contributed by atoms with Crippen LogP contribution < -0.4 is 0 Å². The Morgan fingerprint density at radius 3 is 2.24 bits per heavy atom. The molecule has 1 aromatic carbocycles. The minimum absolute atomic E-state index is 0. The predicted octanol–water partition coefficient (Wildman–Crippen LogP) is 5.64. The quantitative estimate of drug-likeness (QED) is 0.635. The summed E-state index contributed by atoms with van der Waals surface area (Å²) in [5.41, 5.74) is 2.89. The maximum absolute atomic E-state index is 2.40. The van der Waals surface area contributed by atoms with E-state index in [2.05, 4.69) is 38.1 Å². The van der Waals surface area contributed by atoms with Crippen molar-refractivity contribution >= 4 is 0 Å². The zero-order valence-electron chi connectivity index (χ0n) is 10.7. The van der Waals surface area contributed by atoms with Crippen LogP contribution in [-0.4, -0.2) is 0 Å². The molecular formula is C17H30. The maximum atomic E-state index is 2.40. The maximum Gasteiger partial charge on any atom is 0 e. The molecule has 1 saturated carbocycles. The van der Waals surface area contributed by atoms with E-state index in [9.17, 15) is 0 Å². The second kappa shape index (κ2) is 6.83. The van der Waals surface area contributed by atoms with Gasteiger partial charge in [0.2, 0.25) is 0 Å². The largest absolute Gasteiger partial charge is 0.0776 e. The van der Waals surface area contributed by atoms with Gasteiger partial charge in [-0.2, -0.15) is 0 Å². The van der Waals surface area contributed by atoms with Gasteiger partial charge < -0.3 is 0 Å². The Morgan fingerprint density at radius 2 is 1.65 bits per heavy atom. The average Bonchev–Trinajstić information content (AvgIpc) is 2.30. The van der Waals surface area contributed by atoms with Gasteiger partial charge in [-0.3, -0.25) is 0 Å². The van der Waals surface area contributed by atoms with Crippen LogP contribution in [0.2, 0.25) is 0 Å². The van der Waals surface area contributed by atoms with Crippen molar-refractivity contribution in [3.05, 3.63) is 35.4 Å². The predicted molar refractivity (Wildman–Crippen MR) is 79.5 cm³/mol. The molecule has 0 heteroatoms. The number of hydrogen-bond acceptors (Lipinski definition) is 0. The van der Waals surface area contributed by atoms with Gasteiger partial charge in [0.15, 0.2) is 0 Å². The van der Waals surface area contributed by atoms with Crippen LogP contribution in [0.1, 0.15) is 59.0 Å². The molecular weight excluding hydrogens is 204 g/mol. The minimum atomic E-state index is 0. The molecule has 1 aliphatic carbocycles. The highest BCUT2D eigenvalue weighted by molar-refractivity contribution is 5.21. The third-order valence-electron chi connectivity index (χ3n) is 4.10. The van der Waals surface area contributed by atoms with E-state index < -0.39 is 0 Å². The number of rotatable bonds is 3. The van der Waals surface area contributed by atoms with Crippen molar-refractivity contribution < 1.29 is 1.43 Å². The Morgan fingerprint density at radius 1 is 1.06 bits per heavy atom. The van der Waals surface area contributed by atoms with Crippen molar-refractivity contribution in [3.63, 3.8) is 0 Å².